The Morgan fingerprint density at radius 1 is 1.16 bits per heavy atom. The highest BCUT2D eigenvalue weighted by Crippen LogP contribution is 2.29. The number of nitrogens with zero attached hydrogens (tertiary/aromatic N) is 1. The van der Waals surface area contributed by atoms with Crippen LogP contribution in [0.3, 0.4) is 0 Å². The van der Waals surface area contributed by atoms with Crippen molar-refractivity contribution in [3.63, 3.8) is 0 Å². The zero-order valence-electron chi connectivity index (χ0n) is 13.3. The van der Waals surface area contributed by atoms with E-state index in [0.717, 1.165) is 5.39 Å². The summed E-state index contributed by atoms with van der Waals surface area (Å²) in [7, 11) is 0. The van der Waals surface area contributed by atoms with Crippen molar-refractivity contribution in [2.45, 2.75) is 13.0 Å². The Labute approximate surface area is 154 Å². The van der Waals surface area contributed by atoms with Crippen LogP contribution in [0.2, 0.25) is 10.2 Å². The number of benzene rings is 2. The van der Waals surface area contributed by atoms with E-state index in [1.54, 1.807) is 37.3 Å². The third-order valence-corrected chi connectivity index (χ3v) is 4.53. The SMILES string of the molecule is CC(NC(=O)c1ccccc1C=O)c1cc2cccc(Cl)c2nc1Cl. The Kier molecular flexibility index (Phi) is 5.02. The monoisotopic (exact) mass is 372 g/mol. The van der Waals surface area contributed by atoms with E-state index in [2.05, 4.69) is 10.3 Å². The fraction of sp³-hybridized carbons (Fsp3) is 0.105. The molecule has 0 fully saturated rings. The average Bonchev–Trinajstić information content (AvgIpc) is 2.61. The maximum Gasteiger partial charge on any atom is 0.252 e. The summed E-state index contributed by atoms with van der Waals surface area (Å²) in [5.41, 5.74) is 1.94. The fourth-order valence-corrected chi connectivity index (χ4v) is 3.15. The van der Waals surface area contributed by atoms with Gasteiger partial charge in [0.2, 0.25) is 0 Å². The molecule has 1 unspecified atom stereocenters. The first kappa shape index (κ1) is 17.4. The molecule has 0 bridgehead atoms. The van der Waals surface area contributed by atoms with Gasteiger partial charge in [0.05, 0.1) is 16.6 Å². The van der Waals surface area contributed by atoms with E-state index in [-0.39, 0.29) is 11.1 Å². The van der Waals surface area contributed by atoms with Gasteiger partial charge in [-0.05, 0) is 25.1 Å². The molecule has 25 heavy (non-hydrogen) atoms. The Bertz CT molecular complexity index is 973. The molecule has 2 aromatic carbocycles. The lowest BCUT2D eigenvalue weighted by Crippen LogP contribution is -2.27. The number of carbonyl (C=O) groups excluding carboxylic acids is 2. The van der Waals surface area contributed by atoms with Gasteiger partial charge >= 0.3 is 0 Å². The number of carbonyl (C=O) groups is 2. The number of aldehydes is 1. The molecule has 0 aliphatic rings. The molecule has 4 nitrogen and oxygen atoms in total. The summed E-state index contributed by atoms with van der Waals surface area (Å²) in [6.45, 7) is 1.81. The van der Waals surface area contributed by atoms with Crippen molar-refractivity contribution in [3.8, 4) is 0 Å². The third-order valence-electron chi connectivity index (χ3n) is 3.92. The van der Waals surface area contributed by atoms with Crippen molar-refractivity contribution in [1.29, 1.82) is 0 Å². The molecule has 0 radical (unpaired) electrons. The summed E-state index contributed by atoms with van der Waals surface area (Å²) < 4.78 is 0. The van der Waals surface area contributed by atoms with Crippen LogP contribution in [0.25, 0.3) is 10.9 Å². The maximum absolute atomic E-state index is 12.5. The van der Waals surface area contributed by atoms with Gasteiger partial charge in [-0.3, -0.25) is 9.59 Å². The lowest BCUT2D eigenvalue weighted by molar-refractivity contribution is 0.0934. The molecule has 0 saturated heterocycles. The predicted molar refractivity (Wildman–Crippen MR) is 99.5 cm³/mol. The zero-order valence-corrected chi connectivity index (χ0v) is 14.8. The second-order valence-electron chi connectivity index (χ2n) is 5.58. The number of halogens is 2. The Hall–Kier alpha value is -2.43. The number of hydrogen-bond acceptors (Lipinski definition) is 3. The van der Waals surface area contributed by atoms with Crippen LogP contribution in [0, 0.1) is 0 Å². The number of pyridine rings is 1. The molecule has 3 aromatic rings. The number of hydrogen-bond donors (Lipinski definition) is 1. The number of amides is 1. The van der Waals surface area contributed by atoms with Crippen molar-refractivity contribution >= 4 is 46.3 Å². The van der Waals surface area contributed by atoms with E-state index in [9.17, 15) is 9.59 Å². The summed E-state index contributed by atoms with van der Waals surface area (Å²) in [4.78, 5) is 27.9. The Morgan fingerprint density at radius 2 is 1.92 bits per heavy atom. The minimum absolute atomic E-state index is 0.275. The molecule has 0 aliphatic heterocycles. The van der Waals surface area contributed by atoms with E-state index in [1.165, 1.54) is 0 Å². The largest absolute Gasteiger partial charge is 0.345 e. The Morgan fingerprint density at radius 3 is 2.68 bits per heavy atom. The second-order valence-corrected chi connectivity index (χ2v) is 6.35. The normalized spacial score (nSPS) is 12.0. The van der Waals surface area contributed by atoms with Crippen molar-refractivity contribution in [3.05, 3.63) is 75.4 Å². The smallest absolute Gasteiger partial charge is 0.252 e. The van der Waals surface area contributed by atoms with Gasteiger partial charge < -0.3 is 5.32 Å². The maximum atomic E-state index is 12.5. The molecule has 1 N–H and O–H groups in total. The van der Waals surface area contributed by atoms with Crippen LogP contribution in [-0.2, 0) is 0 Å². The van der Waals surface area contributed by atoms with Gasteiger partial charge in [-0.1, -0.05) is 53.5 Å². The summed E-state index contributed by atoms with van der Waals surface area (Å²) >= 11 is 12.4. The van der Waals surface area contributed by atoms with Crippen LogP contribution >= 0.6 is 23.2 Å². The minimum Gasteiger partial charge on any atom is -0.345 e. The van der Waals surface area contributed by atoms with Gasteiger partial charge in [0.15, 0.2) is 6.29 Å². The number of nitrogens with one attached hydrogen (secondary N) is 1. The lowest BCUT2D eigenvalue weighted by atomic mass is 10.1. The summed E-state index contributed by atoms with van der Waals surface area (Å²) in [6.07, 6.45) is 0.659. The van der Waals surface area contributed by atoms with E-state index in [0.29, 0.717) is 33.5 Å². The average molecular weight is 373 g/mol. The van der Waals surface area contributed by atoms with Crippen molar-refractivity contribution in [2.24, 2.45) is 0 Å². The first-order valence-electron chi connectivity index (χ1n) is 7.61. The summed E-state index contributed by atoms with van der Waals surface area (Å²) in [5, 5.41) is 4.48. The van der Waals surface area contributed by atoms with Crippen molar-refractivity contribution in [1.82, 2.24) is 10.3 Å². The molecule has 126 valence electrons. The number of rotatable bonds is 4. The number of aromatic nitrogens is 1. The summed E-state index contributed by atoms with van der Waals surface area (Å²) in [5.74, 6) is -0.350. The van der Waals surface area contributed by atoms with Gasteiger partial charge in [0, 0.05) is 22.1 Å². The standard InChI is InChI=1S/C19H14Cl2N2O2/c1-11(22-19(25)14-7-3-2-5-13(14)10-24)15-9-12-6-4-8-16(20)17(12)23-18(15)21/h2-11H,1H3,(H,22,25). The van der Waals surface area contributed by atoms with Crippen LogP contribution in [-0.4, -0.2) is 17.2 Å². The van der Waals surface area contributed by atoms with Crippen molar-refractivity contribution in [2.75, 3.05) is 0 Å². The summed E-state index contributed by atoms with van der Waals surface area (Å²) in [6, 6.07) is 13.5. The van der Waals surface area contributed by atoms with Gasteiger partial charge in [0.1, 0.15) is 5.15 Å². The predicted octanol–water partition coefficient (Wildman–Crippen LogP) is 4.85. The molecule has 6 heteroatoms. The Balaban J connectivity index is 1.92. The quantitative estimate of drug-likeness (QED) is 0.526. The molecule has 1 aromatic heterocycles. The van der Waals surface area contributed by atoms with Gasteiger partial charge in [-0.2, -0.15) is 0 Å². The molecule has 0 spiro atoms. The molecular formula is C19H14Cl2N2O2. The lowest BCUT2D eigenvalue weighted by Gasteiger charge is -2.17. The van der Waals surface area contributed by atoms with Crippen LogP contribution in [0.15, 0.2) is 48.5 Å². The molecule has 1 heterocycles. The van der Waals surface area contributed by atoms with E-state index in [4.69, 9.17) is 23.2 Å². The molecule has 1 atom stereocenters. The van der Waals surface area contributed by atoms with Crippen LogP contribution in [0.5, 0.6) is 0 Å². The molecular weight excluding hydrogens is 359 g/mol. The van der Waals surface area contributed by atoms with Crippen molar-refractivity contribution < 1.29 is 9.59 Å². The highest BCUT2D eigenvalue weighted by atomic mass is 35.5. The van der Waals surface area contributed by atoms with Gasteiger partial charge in [0.25, 0.3) is 5.91 Å². The zero-order chi connectivity index (χ0) is 18.0. The van der Waals surface area contributed by atoms with Crippen LogP contribution in [0.1, 0.15) is 39.2 Å². The first-order valence-corrected chi connectivity index (χ1v) is 8.36. The highest BCUT2D eigenvalue weighted by Gasteiger charge is 2.18. The molecule has 1 amide bonds. The third kappa shape index (κ3) is 3.50. The molecule has 0 aliphatic carbocycles. The van der Waals surface area contributed by atoms with Crippen LogP contribution in [0.4, 0.5) is 0 Å². The minimum atomic E-state index is -0.393. The fourth-order valence-electron chi connectivity index (χ4n) is 2.62. The molecule has 3 rings (SSSR count). The molecule has 0 saturated carbocycles. The highest BCUT2D eigenvalue weighted by molar-refractivity contribution is 6.36. The van der Waals surface area contributed by atoms with Gasteiger partial charge in [-0.15, -0.1) is 0 Å². The van der Waals surface area contributed by atoms with E-state index < -0.39 is 6.04 Å². The van der Waals surface area contributed by atoms with Crippen LogP contribution < -0.4 is 5.32 Å². The van der Waals surface area contributed by atoms with E-state index >= 15 is 0 Å². The van der Waals surface area contributed by atoms with Gasteiger partial charge in [-0.25, -0.2) is 4.98 Å². The topological polar surface area (TPSA) is 59.1 Å². The first-order chi connectivity index (χ1) is 12.0. The van der Waals surface area contributed by atoms with E-state index in [1.807, 2.05) is 18.2 Å². The number of fused-ring (bicyclic) bond motifs is 1. The number of para-hydroxylation sites is 1. The second kappa shape index (κ2) is 7.21.